The molecule has 4 heteroatoms. The summed E-state index contributed by atoms with van der Waals surface area (Å²) in [5, 5.41) is 7.46. The van der Waals surface area contributed by atoms with E-state index in [9.17, 15) is 4.79 Å². The molecule has 4 nitrogen and oxygen atoms in total. The van der Waals surface area contributed by atoms with E-state index < -0.39 is 0 Å². The molecule has 0 saturated carbocycles. The number of nitrogens with zero attached hydrogens (tertiary/aromatic N) is 1. The molecular weight excluding hydrogens is 262 g/mol. The predicted molar refractivity (Wildman–Crippen MR) is 86.0 cm³/mol. The second kappa shape index (κ2) is 7.74. The first-order valence-electron chi connectivity index (χ1n) is 7.53. The van der Waals surface area contributed by atoms with Gasteiger partial charge in [-0.1, -0.05) is 25.1 Å². The van der Waals surface area contributed by atoms with Crippen molar-refractivity contribution < 1.29 is 4.79 Å². The molecule has 0 bridgehead atoms. The molecule has 0 radical (unpaired) electrons. The average Bonchev–Trinajstić information content (AvgIpc) is 2.51. The third kappa shape index (κ3) is 4.53. The van der Waals surface area contributed by atoms with Crippen molar-refractivity contribution >= 4 is 16.8 Å². The molecule has 1 atom stereocenters. The molecule has 112 valence electrons. The van der Waals surface area contributed by atoms with Crippen LogP contribution in [0.4, 0.5) is 0 Å². The Balaban J connectivity index is 1.82. The number of amides is 1. The summed E-state index contributed by atoms with van der Waals surface area (Å²) >= 11 is 0. The lowest BCUT2D eigenvalue weighted by Gasteiger charge is -2.12. The van der Waals surface area contributed by atoms with Crippen molar-refractivity contribution in [2.24, 2.45) is 0 Å². The van der Waals surface area contributed by atoms with Crippen LogP contribution in [0.15, 0.2) is 36.5 Å². The highest BCUT2D eigenvalue weighted by atomic mass is 16.1. The summed E-state index contributed by atoms with van der Waals surface area (Å²) in [6.07, 6.45) is 3.30. The molecule has 0 fully saturated rings. The Kier molecular flexibility index (Phi) is 5.69. The van der Waals surface area contributed by atoms with Crippen molar-refractivity contribution in [1.29, 1.82) is 0 Å². The van der Waals surface area contributed by atoms with Gasteiger partial charge in [0.2, 0.25) is 5.91 Å². The van der Waals surface area contributed by atoms with Crippen LogP contribution in [0.1, 0.15) is 32.3 Å². The minimum Gasteiger partial charge on any atom is -0.354 e. The predicted octanol–water partition coefficient (Wildman–Crippen LogP) is 2.63. The van der Waals surface area contributed by atoms with Gasteiger partial charge in [-0.3, -0.25) is 9.78 Å². The second-order valence-electron chi connectivity index (χ2n) is 5.29. The van der Waals surface area contributed by atoms with Crippen molar-refractivity contribution in [3.05, 3.63) is 42.1 Å². The van der Waals surface area contributed by atoms with Crippen molar-refractivity contribution in [1.82, 2.24) is 15.6 Å². The van der Waals surface area contributed by atoms with E-state index in [0.717, 1.165) is 23.9 Å². The van der Waals surface area contributed by atoms with Gasteiger partial charge in [0.25, 0.3) is 0 Å². The number of rotatable bonds is 7. The molecular formula is C17H23N3O. The molecule has 0 aliphatic carbocycles. The van der Waals surface area contributed by atoms with Crippen LogP contribution in [-0.2, 0) is 11.3 Å². The van der Waals surface area contributed by atoms with Gasteiger partial charge >= 0.3 is 0 Å². The van der Waals surface area contributed by atoms with Crippen LogP contribution in [0.3, 0.4) is 0 Å². The zero-order valence-electron chi connectivity index (χ0n) is 12.7. The van der Waals surface area contributed by atoms with Crippen molar-refractivity contribution in [3.63, 3.8) is 0 Å². The topological polar surface area (TPSA) is 54.0 Å². The van der Waals surface area contributed by atoms with Gasteiger partial charge in [-0.05, 0) is 31.0 Å². The Hall–Kier alpha value is -1.94. The molecule has 2 aromatic rings. The highest BCUT2D eigenvalue weighted by Gasteiger charge is 2.05. The van der Waals surface area contributed by atoms with Gasteiger partial charge in [0.1, 0.15) is 0 Å². The number of hydrogen-bond donors (Lipinski definition) is 2. The molecule has 2 rings (SSSR count). The van der Waals surface area contributed by atoms with E-state index in [1.54, 1.807) is 0 Å². The fraction of sp³-hybridized carbons (Fsp3) is 0.412. The van der Waals surface area contributed by atoms with Crippen LogP contribution < -0.4 is 10.6 Å². The van der Waals surface area contributed by atoms with E-state index in [-0.39, 0.29) is 11.9 Å². The zero-order valence-corrected chi connectivity index (χ0v) is 12.7. The minimum absolute atomic E-state index is 0.108. The molecule has 21 heavy (non-hydrogen) atoms. The van der Waals surface area contributed by atoms with Gasteiger partial charge in [-0.25, -0.2) is 0 Å². The van der Waals surface area contributed by atoms with Crippen LogP contribution in [-0.4, -0.2) is 23.5 Å². The first kappa shape index (κ1) is 15.4. The van der Waals surface area contributed by atoms with Crippen LogP contribution in [0.25, 0.3) is 10.9 Å². The number of carbonyl (C=O) groups excluding carboxylic acids is 1. The van der Waals surface area contributed by atoms with E-state index in [1.165, 1.54) is 5.56 Å². The Labute approximate surface area is 126 Å². The van der Waals surface area contributed by atoms with Crippen molar-refractivity contribution in [3.8, 4) is 0 Å². The van der Waals surface area contributed by atoms with E-state index in [2.05, 4.69) is 28.6 Å². The number of nitrogens with one attached hydrogen (secondary N) is 2. The van der Waals surface area contributed by atoms with E-state index in [4.69, 9.17) is 0 Å². The number of aromatic nitrogens is 1. The third-order valence-corrected chi connectivity index (χ3v) is 3.60. The highest BCUT2D eigenvalue weighted by molar-refractivity contribution is 5.81. The van der Waals surface area contributed by atoms with Crippen LogP contribution >= 0.6 is 0 Å². The monoisotopic (exact) mass is 285 g/mol. The number of fused-ring (bicyclic) bond motifs is 1. The maximum Gasteiger partial charge on any atom is 0.221 e. The van der Waals surface area contributed by atoms with Gasteiger partial charge < -0.3 is 10.6 Å². The summed E-state index contributed by atoms with van der Waals surface area (Å²) in [5.74, 6) is 0.108. The Morgan fingerprint density at radius 1 is 1.29 bits per heavy atom. The van der Waals surface area contributed by atoms with Crippen molar-refractivity contribution in [2.75, 3.05) is 6.54 Å². The van der Waals surface area contributed by atoms with Gasteiger partial charge in [-0.2, -0.15) is 0 Å². The summed E-state index contributed by atoms with van der Waals surface area (Å²) in [6, 6.07) is 10.4. The van der Waals surface area contributed by atoms with E-state index in [1.807, 2.05) is 37.4 Å². The molecule has 1 amide bonds. The van der Waals surface area contributed by atoms with Crippen molar-refractivity contribution in [2.45, 2.75) is 39.3 Å². The third-order valence-electron chi connectivity index (χ3n) is 3.60. The molecule has 0 aliphatic rings. The SMILES string of the molecule is CCC(C)NC(=O)CCNCc1ccnc2ccccc12. The molecule has 1 aromatic heterocycles. The van der Waals surface area contributed by atoms with Gasteiger partial charge in [0, 0.05) is 37.1 Å². The number of benzene rings is 1. The number of hydrogen-bond acceptors (Lipinski definition) is 3. The first-order chi connectivity index (χ1) is 10.2. The number of pyridine rings is 1. The minimum atomic E-state index is 0.108. The molecule has 1 unspecified atom stereocenters. The lowest BCUT2D eigenvalue weighted by atomic mass is 10.1. The smallest absolute Gasteiger partial charge is 0.221 e. The number of para-hydroxylation sites is 1. The summed E-state index contributed by atoms with van der Waals surface area (Å²) in [5.41, 5.74) is 2.22. The van der Waals surface area contributed by atoms with Gasteiger partial charge in [0.15, 0.2) is 0 Å². The molecule has 0 aliphatic heterocycles. The van der Waals surface area contributed by atoms with E-state index in [0.29, 0.717) is 13.0 Å². The largest absolute Gasteiger partial charge is 0.354 e. The summed E-state index contributed by atoms with van der Waals surface area (Å²) in [7, 11) is 0. The second-order valence-corrected chi connectivity index (χ2v) is 5.29. The first-order valence-corrected chi connectivity index (χ1v) is 7.53. The lowest BCUT2D eigenvalue weighted by Crippen LogP contribution is -2.33. The molecule has 0 saturated heterocycles. The van der Waals surface area contributed by atoms with E-state index >= 15 is 0 Å². The van der Waals surface area contributed by atoms with Crippen LogP contribution in [0, 0.1) is 0 Å². The Bertz CT molecular complexity index is 592. The fourth-order valence-corrected chi connectivity index (χ4v) is 2.18. The Morgan fingerprint density at radius 3 is 2.90 bits per heavy atom. The Morgan fingerprint density at radius 2 is 2.10 bits per heavy atom. The maximum absolute atomic E-state index is 11.7. The van der Waals surface area contributed by atoms with Crippen LogP contribution in [0.5, 0.6) is 0 Å². The average molecular weight is 285 g/mol. The lowest BCUT2D eigenvalue weighted by molar-refractivity contribution is -0.121. The number of carbonyl (C=O) groups is 1. The molecule has 1 heterocycles. The highest BCUT2D eigenvalue weighted by Crippen LogP contribution is 2.15. The molecule has 1 aromatic carbocycles. The van der Waals surface area contributed by atoms with Gasteiger partial charge in [0.05, 0.1) is 5.52 Å². The summed E-state index contributed by atoms with van der Waals surface area (Å²) in [4.78, 5) is 16.0. The molecule has 0 spiro atoms. The quantitative estimate of drug-likeness (QED) is 0.769. The van der Waals surface area contributed by atoms with Crippen LogP contribution in [0.2, 0.25) is 0 Å². The standard InChI is InChI=1S/C17H23N3O/c1-3-13(2)20-17(21)9-10-18-12-14-8-11-19-16-7-5-4-6-15(14)16/h4-8,11,13,18H,3,9-10,12H2,1-2H3,(H,20,21). The maximum atomic E-state index is 11.7. The van der Waals surface area contributed by atoms with Gasteiger partial charge in [-0.15, -0.1) is 0 Å². The molecule has 2 N–H and O–H groups in total. The normalized spacial score (nSPS) is 12.3. The summed E-state index contributed by atoms with van der Waals surface area (Å²) < 4.78 is 0. The zero-order chi connectivity index (χ0) is 15.1. The summed E-state index contributed by atoms with van der Waals surface area (Å²) in [6.45, 7) is 5.52. The fourth-order valence-electron chi connectivity index (χ4n) is 2.18.